The predicted octanol–water partition coefficient (Wildman–Crippen LogP) is 4.14. The standard InChI is InChI=1S/C15H26N2/c1-3-4-5-6-7-8-9-15(16)14-10-13(2)11-17-12-14/h10-12,15H,3-9,16H2,1-2H3. The summed E-state index contributed by atoms with van der Waals surface area (Å²) in [4.78, 5) is 4.19. The Morgan fingerprint density at radius 3 is 2.53 bits per heavy atom. The average Bonchev–Trinajstić information content (AvgIpc) is 2.33. The summed E-state index contributed by atoms with van der Waals surface area (Å²) >= 11 is 0. The fourth-order valence-electron chi connectivity index (χ4n) is 2.09. The van der Waals surface area contributed by atoms with Gasteiger partial charge in [-0.2, -0.15) is 0 Å². The number of unbranched alkanes of at least 4 members (excludes halogenated alkanes) is 5. The molecule has 0 amide bonds. The van der Waals surface area contributed by atoms with Gasteiger partial charge in [-0.1, -0.05) is 51.5 Å². The number of aryl methyl sites for hydroxylation is 1. The molecule has 1 heterocycles. The Morgan fingerprint density at radius 1 is 1.12 bits per heavy atom. The van der Waals surface area contributed by atoms with E-state index in [9.17, 15) is 0 Å². The van der Waals surface area contributed by atoms with Crippen LogP contribution in [0.4, 0.5) is 0 Å². The number of aromatic nitrogens is 1. The number of pyridine rings is 1. The van der Waals surface area contributed by atoms with E-state index in [1.807, 2.05) is 12.4 Å². The summed E-state index contributed by atoms with van der Waals surface area (Å²) in [5.41, 5.74) is 8.54. The van der Waals surface area contributed by atoms with Crippen molar-refractivity contribution < 1.29 is 0 Å². The molecule has 0 radical (unpaired) electrons. The third-order valence-electron chi connectivity index (χ3n) is 3.19. The highest BCUT2D eigenvalue weighted by Gasteiger charge is 2.05. The molecular formula is C15H26N2. The van der Waals surface area contributed by atoms with Crippen molar-refractivity contribution in [2.45, 2.75) is 64.8 Å². The Labute approximate surface area is 106 Å². The van der Waals surface area contributed by atoms with Crippen molar-refractivity contribution >= 4 is 0 Å². The monoisotopic (exact) mass is 234 g/mol. The molecule has 0 aliphatic rings. The number of rotatable bonds is 8. The van der Waals surface area contributed by atoms with Crippen LogP contribution in [0.15, 0.2) is 18.5 Å². The Morgan fingerprint density at radius 2 is 1.82 bits per heavy atom. The Bertz CT molecular complexity index is 310. The van der Waals surface area contributed by atoms with Gasteiger partial charge < -0.3 is 5.73 Å². The van der Waals surface area contributed by atoms with Crippen LogP contribution in [0.1, 0.15) is 69.0 Å². The second-order valence-electron chi connectivity index (χ2n) is 4.96. The Balaban J connectivity index is 2.19. The van der Waals surface area contributed by atoms with E-state index < -0.39 is 0 Å². The molecule has 96 valence electrons. The molecule has 1 aromatic heterocycles. The largest absolute Gasteiger partial charge is 0.324 e. The molecule has 0 saturated heterocycles. The summed E-state index contributed by atoms with van der Waals surface area (Å²) < 4.78 is 0. The average molecular weight is 234 g/mol. The van der Waals surface area contributed by atoms with Crippen LogP contribution >= 0.6 is 0 Å². The van der Waals surface area contributed by atoms with Gasteiger partial charge in [0.2, 0.25) is 0 Å². The second kappa shape index (κ2) is 8.24. The van der Waals surface area contributed by atoms with Crippen LogP contribution < -0.4 is 5.73 Å². The highest BCUT2D eigenvalue weighted by Crippen LogP contribution is 2.18. The van der Waals surface area contributed by atoms with Crippen molar-refractivity contribution in [3.8, 4) is 0 Å². The van der Waals surface area contributed by atoms with E-state index in [0.29, 0.717) is 0 Å². The summed E-state index contributed by atoms with van der Waals surface area (Å²) in [5.74, 6) is 0. The number of hydrogen-bond donors (Lipinski definition) is 1. The van der Waals surface area contributed by atoms with Crippen molar-refractivity contribution in [3.63, 3.8) is 0 Å². The lowest BCUT2D eigenvalue weighted by atomic mass is 10.0. The van der Waals surface area contributed by atoms with Gasteiger partial charge in [0.05, 0.1) is 0 Å². The normalized spacial score (nSPS) is 12.6. The number of hydrogen-bond acceptors (Lipinski definition) is 2. The first-order valence-electron chi connectivity index (χ1n) is 6.91. The van der Waals surface area contributed by atoms with Gasteiger partial charge in [0.1, 0.15) is 0 Å². The number of nitrogens with zero attached hydrogens (tertiary/aromatic N) is 1. The van der Waals surface area contributed by atoms with Crippen LogP contribution in [0.25, 0.3) is 0 Å². The first-order chi connectivity index (χ1) is 8.24. The molecule has 1 unspecified atom stereocenters. The van der Waals surface area contributed by atoms with E-state index in [1.165, 1.54) is 49.7 Å². The first kappa shape index (κ1) is 14.2. The highest BCUT2D eigenvalue weighted by molar-refractivity contribution is 5.19. The molecule has 0 aromatic carbocycles. The lowest BCUT2D eigenvalue weighted by molar-refractivity contribution is 0.546. The van der Waals surface area contributed by atoms with Gasteiger partial charge in [-0.25, -0.2) is 0 Å². The van der Waals surface area contributed by atoms with Crippen LogP contribution in [-0.2, 0) is 0 Å². The van der Waals surface area contributed by atoms with Crippen molar-refractivity contribution in [1.82, 2.24) is 4.98 Å². The smallest absolute Gasteiger partial charge is 0.0315 e. The third kappa shape index (κ3) is 5.83. The molecule has 1 aromatic rings. The SMILES string of the molecule is CCCCCCCCC(N)c1cncc(C)c1. The zero-order chi connectivity index (χ0) is 12.5. The van der Waals surface area contributed by atoms with Gasteiger partial charge in [0.15, 0.2) is 0 Å². The van der Waals surface area contributed by atoms with Gasteiger partial charge in [-0.15, -0.1) is 0 Å². The van der Waals surface area contributed by atoms with E-state index in [4.69, 9.17) is 5.73 Å². The molecule has 17 heavy (non-hydrogen) atoms. The third-order valence-corrected chi connectivity index (χ3v) is 3.19. The Hall–Kier alpha value is -0.890. The topological polar surface area (TPSA) is 38.9 Å². The van der Waals surface area contributed by atoms with E-state index in [1.54, 1.807) is 0 Å². The van der Waals surface area contributed by atoms with E-state index in [-0.39, 0.29) is 6.04 Å². The van der Waals surface area contributed by atoms with Crippen LogP contribution in [0.5, 0.6) is 0 Å². The highest BCUT2D eigenvalue weighted by atomic mass is 14.7. The van der Waals surface area contributed by atoms with E-state index in [0.717, 1.165) is 6.42 Å². The maximum Gasteiger partial charge on any atom is 0.0315 e. The number of nitrogens with two attached hydrogens (primary N) is 1. The van der Waals surface area contributed by atoms with Crippen LogP contribution in [0.3, 0.4) is 0 Å². The fraction of sp³-hybridized carbons (Fsp3) is 0.667. The maximum absolute atomic E-state index is 6.16. The van der Waals surface area contributed by atoms with Crippen LogP contribution in [-0.4, -0.2) is 4.98 Å². The van der Waals surface area contributed by atoms with Gasteiger partial charge >= 0.3 is 0 Å². The molecule has 0 spiro atoms. The van der Waals surface area contributed by atoms with Crippen molar-refractivity contribution in [1.29, 1.82) is 0 Å². The van der Waals surface area contributed by atoms with Gasteiger partial charge in [-0.3, -0.25) is 4.98 Å². The van der Waals surface area contributed by atoms with Crippen LogP contribution in [0, 0.1) is 6.92 Å². The second-order valence-corrected chi connectivity index (χ2v) is 4.96. The maximum atomic E-state index is 6.16. The lowest BCUT2D eigenvalue weighted by Crippen LogP contribution is -2.10. The van der Waals surface area contributed by atoms with Crippen molar-refractivity contribution in [2.75, 3.05) is 0 Å². The van der Waals surface area contributed by atoms with Crippen LogP contribution in [0.2, 0.25) is 0 Å². The zero-order valence-corrected chi connectivity index (χ0v) is 11.3. The minimum absolute atomic E-state index is 0.161. The summed E-state index contributed by atoms with van der Waals surface area (Å²) in [6, 6.07) is 2.31. The molecule has 0 saturated carbocycles. The fourth-order valence-corrected chi connectivity index (χ4v) is 2.09. The predicted molar refractivity (Wildman–Crippen MR) is 73.9 cm³/mol. The summed E-state index contributed by atoms with van der Waals surface area (Å²) in [6.07, 6.45) is 12.8. The molecule has 1 atom stereocenters. The first-order valence-corrected chi connectivity index (χ1v) is 6.91. The molecule has 0 bridgehead atoms. The lowest BCUT2D eigenvalue weighted by Gasteiger charge is -2.11. The minimum Gasteiger partial charge on any atom is -0.324 e. The molecule has 2 heteroatoms. The summed E-state index contributed by atoms with van der Waals surface area (Å²) in [6.45, 7) is 4.31. The summed E-state index contributed by atoms with van der Waals surface area (Å²) in [7, 11) is 0. The molecule has 0 aliphatic heterocycles. The molecule has 2 N–H and O–H groups in total. The van der Waals surface area contributed by atoms with Gasteiger partial charge in [0.25, 0.3) is 0 Å². The van der Waals surface area contributed by atoms with Gasteiger partial charge in [0, 0.05) is 18.4 Å². The molecule has 1 rings (SSSR count). The van der Waals surface area contributed by atoms with E-state index in [2.05, 4.69) is 24.9 Å². The summed E-state index contributed by atoms with van der Waals surface area (Å²) in [5, 5.41) is 0. The van der Waals surface area contributed by atoms with E-state index >= 15 is 0 Å². The molecule has 2 nitrogen and oxygen atoms in total. The molecular weight excluding hydrogens is 208 g/mol. The van der Waals surface area contributed by atoms with Gasteiger partial charge in [-0.05, 0) is 24.5 Å². The quantitative estimate of drug-likeness (QED) is 0.686. The zero-order valence-electron chi connectivity index (χ0n) is 11.3. The van der Waals surface area contributed by atoms with Crippen molar-refractivity contribution in [3.05, 3.63) is 29.6 Å². The molecule has 0 aliphatic carbocycles. The van der Waals surface area contributed by atoms with Crippen molar-refractivity contribution in [2.24, 2.45) is 5.73 Å². The molecule has 0 fully saturated rings. The minimum atomic E-state index is 0.161. The Kier molecular flexibility index (Phi) is 6.87.